The van der Waals surface area contributed by atoms with Gasteiger partial charge in [-0.15, -0.1) is 0 Å². The molecule has 0 aliphatic heterocycles. The average molecular weight is 230 g/mol. The molecule has 1 heterocycles. The van der Waals surface area contributed by atoms with Crippen molar-refractivity contribution in [3.8, 4) is 11.8 Å². The van der Waals surface area contributed by atoms with Gasteiger partial charge in [-0.25, -0.2) is 9.97 Å². The van der Waals surface area contributed by atoms with E-state index in [1.54, 1.807) is 18.5 Å². The highest BCUT2D eigenvalue weighted by Crippen LogP contribution is 2.20. The summed E-state index contributed by atoms with van der Waals surface area (Å²) in [5, 5.41) is 0. The third kappa shape index (κ3) is 2.99. The average Bonchev–Trinajstić information content (AvgIpc) is 2.39. The Balaban J connectivity index is 2.17. The lowest BCUT2D eigenvalue weighted by Gasteiger charge is -2.10. The predicted molar refractivity (Wildman–Crippen MR) is 64.5 cm³/mol. The predicted octanol–water partition coefficient (Wildman–Crippen LogP) is 1.23. The Bertz CT molecular complexity index is 475. The maximum atomic E-state index is 5.84. The Morgan fingerprint density at radius 3 is 2.65 bits per heavy atom. The Hall–Kier alpha value is -1.98. The van der Waals surface area contributed by atoms with Gasteiger partial charge in [-0.1, -0.05) is 12.1 Å². The van der Waals surface area contributed by atoms with Crippen molar-refractivity contribution in [3.05, 3.63) is 48.3 Å². The molecule has 0 spiro atoms. The molecule has 4 N–H and O–H groups in total. The van der Waals surface area contributed by atoms with Crippen LogP contribution in [0.25, 0.3) is 0 Å². The van der Waals surface area contributed by atoms with E-state index in [4.69, 9.17) is 16.2 Å². The number of ether oxygens (including phenoxy) is 1. The number of aromatic nitrogens is 2. The molecule has 88 valence electrons. The first-order chi connectivity index (χ1) is 8.29. The zero-order valence-electron chi connectivity index (χ0n) is 9.28. The van der Waals surface area contributed by atoms with Gasteiger partial charge < -0.3 is 16.2 Å². The Morgan fingerprint density at radius 1 is 1.18 bits per heavy atom. The molecule has 2 aromatic rings. The summed E-state index contributed by atoms with van der Waals surface area (Å²) in [7, 11) is 0. The standard InChI is InChI=1S/C12H14N4O/c13-8-11(14)9-3-1-4-10(7-9)17-12-15-5-2-6-16-12/h1-7,11H,8,13-14H2/t11-/m0/s1. The van der Waals surface area contributed by atoms with Crippen molar-refractivity contribution in [1.29, 1.82) is 0 Å². The van der Waals surface area contributed by atoms with Gasteiger partial charge in [0.2, 0.25) is 0 Å². The lowest BCUT2D eigenvalue weighted by molar-refractivity contribution is 0.440. The van der Waals surface area contributed by atoms with Gasteiger partial charge in [0.1, 0.15) is 5.75 Å². The Labute approximate surface area is 99.5 Å². The first-order valence-corrected chi connectivity index (χ1v) is 5.30. The third-order valence-corrected chi connectivity index (χ3v) is 2.29. The van der Waals surface area contributed by atoms with E-state index in [0.29, 0.717) is 18.3 Å². The molecular weight excluding hydrogens is 216 g/mol. The third-order valence-electron chi connectivity index (χ3n) is 2.29. The van der Waals surface area contributed by atoms with E-state index in [-0.39, 0.29) is 6.04 Å². The Kier molecular flexibility index (Phi) is 3.64. The summed E-state index contributed by atoms with van der Waals surface area (Å²) in [6, 6.07) is 9.30. The second-order valence-electron chi connectivity index (χ2n) is 3.55. The van der Waals surface area contributed by atoms with Crippen LogP contribution in [0.4, 0.5) is 0 Å². The molecule has 2 rings (SSSR count). The van der Waals surface area contributed by atoms with Crippen LogP contribution in [0.15, 0.2) is 42.7 Å². The lowest BCUT2D eigenvalue weighted by atomic mass is 10.1. The minimum Gasteiger partial charge on any atom is -0.424 e. The zero-order chi connectivity index (χ0) is 12.1. The second-order valence-corrected chi connectivity index (χ2v) is 3.55. The molecule has 1 aromatic carbocycles. The molecule has 0 saturated carbocycles. The van der Waals surface area contributed by atoms with Crippen LogP contribution in [0.1, 0.15) is 11.6 Å². The maximum Gasteiger partial charge on any atom is 0.321 e. The summed E-state index contributed by atoms with van der Waals surface area (Å²) in [4.78, 5) is 7.96. The van der Waals surface area contributed by atoms with Crippen molar-refractivity contribution in [1.82, 2.24) is 9.97 Å². The number of nitrogens with zero attached hydrogens (tertiary/aromatic N) is 2. The maximum absolute atomic E-state index is 5.84. The van der Waals surface area contributed by atoms with Crippen LogP contribution in [0.3, 0.4) is 0 Å². The molecule has 0 fully saturated rings. The van der Waals surface area contributed by atoms with Gasteiger partial charge in [0, 0.05) is 25.0 Å². The van der Waals surface area contributed by atoms with Gasteiger partial charge in [-0.3, -0.25) is 0 Å². The highest BCUT2D eigenvalue weighted by molar-refractivity contribution is 5.32. The number of hydrogen-bond acceptors (Lipinski definition) is 5. The minimum atomic E-state index is -0.185. The van der Waals surface area contributed by atoms with E-state index in [9.17, 15) is 0 Å². The quantitative estimate of drug-likeness (QED) is 0.824. The summed E-state index contributed by atoms with van der Waals surface area (Å²) < 4.78 is 5.50. The zero-order valence-corrected chi connectivity index (χ0v) is 9.28. The molecule has 17 heavy (non-hydrogen) atoms. The largest absolute Gasteiger partial charge is 0.424 e. The van der Waals surface area contributed by atoms with E-state index in [1.165, 1.54) is 0 Å². The molecule has 1 atom stereocenters. The van der Waals surface area contributed by atoms with Crippen LogP contribution >= 0.6 is 0 Å². The van der Waals surface area contributed by atoms with Crippen molar-refractivity contribution in [2.45, 2.75) is 6.04 Å². The molecule has 5 nitrogen and oxygen atoms in total. The van der Waals surface area contributed by atoms with Crippen LogP contribution in [-0.4, -0.2) is 16.5 Å². The van der Waals surface area contributed by atoms with Crippen LogP contribution in [0.5, 0.6) is 11.8 Å². The molecule has 5 heteroatoms. The Morgan fingerprint density at radius 2 is 1.94 bits per heavy atom. The molecular formula is C12H14N4O. The topological polar surface area (TPSA) is 87.0 Å². The van der Waals surface area contributed by atoms with Crippen LogP contribution < -0.4 is 16.2 Å². The SMILES string of the molecule is NC[C@H](N)c1cccc(Oc2ncccn2)c1. The van der Waals surface area contributed by atoms with Gasteiger partial charge in [0.05, 0.1) is 0 Å². The van der Waals surface area contributed by atoms with E-state index >= 15 is 0 Å². The fourth-order valence-corrected chi connectivity index (χ4v) is 1.39. The normalized spacial score (nSPS) is 12.1. The van der Waals surface area contributed by atoms with Crippen LogP contribution in [0, 0.1) is 0 Å². The molecule has 0 saturated heterocycles. The lowest BCUT2D eigenvalue weighted by Crippen LogP contribution is -2.20. The van der Waals surface area contributed by atoms with E-state index in [1.807, 2.05) is 24.3 Å². The highest BCUT2D eigenvalue weighted by atomic mass is 16.5. The summed E-state index contributed by atoms with van der Waals surface area (Å²) in [6.07, 6.45) is 3.25. The van der Waals surface area contributed by atoms with Gasteiger partial charge >= 0.3 is 6.01 Å². The smallest absolute Gasteiger partial charge is 0.321 e. The van der Waals surface area contributed by atoms with Crippen molar-refractivity contribution in [3.63, 3.8) is 0 Å². The van der Waals surface area contributed by atoms with Crippen LogP contribution in [0.2, 0.25) is 0 Å². The molecule has 0 unspecified atom stereocenters. The van der Waals surface area contributed by atoms with Crippen molar-refractivity contribution < 1.29 is 4.74 Å². The fraction of sp³-hybridized carbons (Fsp3) is 0.167. The van der Waals surface area contributed by atoms with Crippen molar-refractivity contribution in [2.24, 2.45) is 11.5 Å². The minimum absolute atomic E-state index is 0.185. The van der Waals surface area contributed by atoms with Gasteiger partial charge in [0.25, 0.3) is 0 Å². The first-order valence-electron chi connectivity index (χ1n) is 5.30. The van der Waals surface area contributed by atoms with Gasteiger partial charge in [0.15, 0.2) is 0 Å². The first kappa shape index (κ1) is 11.5. The number of nitrogens with two attached hydrogens (primary N) is 2. The summed E-state index contributed by atoms with van der Waals surface area (Å²) in [5.41, 5.74) is 12.3. The van der Waals surface area contributed by atoms with Crippen molar-refractivity contribution in [2.75, 3.05) is 6.54 Å². The van der Waals surface area contributed by atoms with E-state index < -0.39 is 0 Å². The summed E-state index contributed by atoms with van der Waals surface area (Å²) in [5.74, 6) is 0.651. The van der Waals surface area contributed by atoms with E-state index in [2.05, 4.69) is 9.97 Å². The summed E-state index contributed by atoms with van der Waals surface area (Å²) >= 11 is 0. The molecule has 0 aliphatic carbocycles. The second kappa shape index (κ2) is 5.38. The molecule has 1 aromatic heterocycles. The van der Waals surface area contributed by atoms with Gasteiger partial charge in [-0.2, -0.15) is 0 Å². The number of rotatable bonds is 4. The fourth-order valence-electron chi connectivity index (χ4n) is 1.39. The van der Waals surface area contributed by atoms with Crippen LogP contribution in [-0.2, 0) is 0 Å². The number of hydrogen-bond donors (Lipinski definition) is 2. The molecule has 0 amide bonds. The van der Waals surface area contributed by atoms with Gasteiger partial charge in [-0.05, 0) is 23.8 Å². The molecule has 0 aliphatic rings. The van der Waals surface area contributed by atoms with Crippen molar-refractivity contribution >= 4 is 0 Å². The molecule has 0 radical (unpaired) electrons. The number of benzene rings is 1. The van der Waals surface area contributed by atoms with E-state index in [0.717, 1.165) is 5.56 Å². The summed E-state index contributed by atoms with van der Waals surface area (Å²) in [6.45, 7) is 0.394. The molecule has 0 bridgehead atoms. The highest BCUT2D eigenvalue weighted by Gasteiger charge is 2.05. The monoisotopic (exact) mass is 230 g/mol.